The van der Waals surface area contributed by atoms with Crippen LogP contribution in [0.1, 0.15) is 58.2 Å². The predicted molar refractivity (Wildman–Crippen MR) is 146 cm³/mol. The van der Waals surface area contributed by atoms with Crippen LogP contribution < -0.4 is 10.2 Å². The van der Waals surface area contributed by atoms with E-state index < -0.39 is 36.7 Å². The second-order valence-electron chi connectivity index (χ2n) is 10.8. The second kappa shape index (κ2) is 12.2. The van der Waals surface area contributed by atoms with Crippen molar-refractivity contribution in [3.05, 3.63) is 12.2 Å². The molecule has 3 aromatic rings. The molecular weight excluding hydrogens is 575 g/mol. The maximum atomic E-state index is 13.2. The molecule has 236 valence electrons. The van der Waals surface area contributed by atoms with E-state index in [1.54, 1.807) is 6.92 Å². The molecule has 18 heteroatoms. The molecule has 43 heavy (non-hydrogen) atoms. The maximum absolute atomic E-state index is 13.2. The van der Waals surface area contributed by atoms with Crippen LogP contribution in [0.3, 0.4) is 0 Å². The summed E-state index contributed by atoms with van der Waals surface area (Å²) in [5.74, 6) is -1.71. The van der Waals surface area contributed by atoms with E-state index in [0.29, 0.717) is 43.0 Å². The first kappa shape index (κ1) is 30.8. The SMILES string of the molecule is CCC(CC)Nc1nc(N2CC[C@@H](N(C)C)C2)nc2c1ncn2[C@@H]1O[C@H](c2nnn(CC)n2)[C@@H](OC(=O)C(F)(F)F)[C@H]1O. The molecule has 0 aromatic carbocycles. The molecule has 2 aliphatic rings. The molecular formula is C25H36F3N11O4. The van der Waals surface area contributed by atoms with Crippen molar-refractivity contribution in [3.63, 3.8) is 0 Å². The Morgan fingerprint density at radius 1 is 1.26 bits per heavy atom. The summed E-state index contributed by atoms with van der Waals surface area (Å²) in [6, 6.07) is 0.397. The lowest BCUT2D eigenvalue weighted by atomic mass is 10.1. The molecule has 15 nitrogen and oxygen atoms in total. The number of halogens is 3. The Labute approximate surface area is 245 Å². The topological polar surface area (TPSA) is 161 Å². The third-order valence-electron chi connectivity index (χ3n) is 7.88. The van der Waals surface area contributed by atoms with Crippen molar-refractivity contribution in [1.29, 1.82) is 0 Å². The van der Waals surface area contributed by atoms with Crippen molar-refractivity contribution in [3.8, 4) is 0 Å². The molecule has 5 rings (SSSR count). The van der Waals surface area contributed by atoms with E-state index in [-0.39, 0.29) is 17.5 Å². The molecule has 3 aromatic heterocycles. The van der Waals surface area contributed by atoms with Crippen molar-refractivity contribution >= 4 is 28.9 Å². The van der Waals surface area contributed by atoms with E-state index >= 15 is 0 Å². The number of hydrogen-bond acceptors (Lipinski definition) is 13. The third-order valence-corrected chi connectivity index (χ3v) is 7.88. The summed E-state index contributed by atoms with van der Waals surface area (Å²) in [4.78, 5) is 31.3. The smallest absolute Gasteiger partial charge is 0.449 e. The van der Waals surface area contributed by atoms with Gasteiger partial charge in [-0.25, -0.2) is 9.78 Å². The number of carbonyl (C=O) groups excluding carboxylic acids is 1. The van der Waals surface area contributed by atoms with Crippen molar-refractivity contribution in [1.82, 2.24) is 44.6 Å². The second-order valence-corrected chi connectivity index (χ2v) is 10.8. The van der Waals surface area contributed by atoms with Crippen LogP contribution in [0.5, 0.6) is 0 Å². The van der Waals surface area contributed by atoms with Gasteiger partial charge in [0.2, 0.25) is 11.8 Å². The lowest BCUT2D eigenvalue weighted by Crippen LogP contribution is -2.38. The Morgan fingerprint density at radius 2 is 2.00 bits per heavy atom. The Balaban J connectivity index is 1.56. The summed E-state index contributed by atoms with van der Waals surface area (Å²) in [6.07, 6.45) is -7.73. The molecule has 5 atom stereocenters. The van der Waals surface area contributed by atoms with Gasteiger partial charge < -0.3 is 29.7 Å². The summed E-state index contributed by atoms with van der Waals surface area (Å²) in [6.45, 7) is 7.57. The zero-order chi connectivity index (χ0) is 31.1. The number of rotatable bonds is 10. The van der Waals surface area contributed by atoms with Crippen LogP contribution in [0, 0.1) is 0 Å². The molecule has 0 unspecified atom stereocenters. The number of aryl methyl sites for hydroxylation is 1. The van der Waals surface area contributed by atoms with Gasteiger partial charge in [0.25, 0.3) is 0 Å². The Morgan fingerprint density at radius 3 is 2.60 bits per heavy atom. The molecule has 0 radical (unpaired) electrons. The number of aliphatic hydroxyl groups is 1. The van der Waals surface area contributed by atoms with Gasteiger partial charge in [0, 0.05) is 25.2 Å². The Kier molecular flexibility index (Phi) is 8.71. The number of aromatic nitrogens is 8. The highest BCUT2D eigenvalue weighted by molar-refractivity contribution is 5.84. The molecule has 2 N–H and O–H groups in total. The summed E-state index contributed by atoms with van der Waals surface area (Å²) < 4.78 is 51.7. The van der Waals surface area contributed by atoms with E-state index in [1.807, 2.05) is 14.1 Å². The minimum Gasteiger partial charge on any atom is -0.449 e. The summed E-state index contributed by atoms with van der Waals surface area (Å²) >= 11 is 0. The fourth-order valence-corrected chi connectivity index (χ4v) is 5.28. The number of aliphatic hydroxyl groups excluding tert-OH is 1. The Bertz CT molecular complexity index is 1430. The average molecular weight is 612 g/mol. The number of fused-ring (bicyclic) bond motifs is 1. The highest BCUT2D eigenvalue weighted by atomic mass is 19.4. The highest BCUT2D eigenvalue weighted by Gasteiger charge is 2.53. The van der Waals surface area contributed by atoms with Gasteiger partial charge in [0.1, 0.15) is 6.10 Å². The van der Waals surface area contributed by atoms with Gasteiger partial charge in [-0.1, -0.05) is 13.8 Å². The zero-order valence-corrected chi connectivity index (χ0v) is 24.6. The average Bonchev–Trinajstić information content (AvgIpc) is 3.77. The van der Waals surface area contributed by atoms with E-state index in [9.17, 15) is 23.1 Å². The quantitative estimate of drug-likeness (QED) is 0.319. The standard InChI is InChI=1S/C25H36F3N11O4/c1-6-13(7-2)30-19-15-21(32-24(31-19)37-10-9-14(11-37)36(4)5)38(12-29-15)22-16(40)17(43-23(41)25(26,27)28)18(42-22)20-33-35-39(8-3)34-20/h12-14,16-18,22,40H,6-11H2,1-5H3,(H,30,31,32)/t14-,16-,17+,18+,22-/m1/s1. The highest BCUT2D eigenvalue weighted by Crippen LogP contribution is 2.41. The summed E-state index contributed by atoms with van der Waals surface area (Å²) in [7, 11) is 4.02. The van der Waals surface area contributed by atoms with Crippen LogP contribution in [0.25, 0.3) is 11.2 Å². The van der Waals surface area contributed by atoms with Crippen LogP contribution in [0.15, 0.2) is 6.33 Å². The molecule has 0 aliphatic carbocycles. The number of imidazole rings is 1. The van der Waals surface area contributed by atoms with E-state index in [0.717, 1.165) is 19.3 Å². The molecule has 0 spiro atoms. The molecule has 0 amide bonds. The van der Waals surface area contributed by atoms with E-state index in [4.69, 9.17) is 19.4 Å². The van der Waals surface area contributed by atoms with Gasteiger partial charge in [-0.2, -0.15) is 27.9 Å². The van der Waals surface area contributed by atoms with Gasteiger partial charge in [0.15, 0.2) is 35.4 Å². The predicted octanol–water partition coefficient (Wildman–Crippen LogP) is 1.68. The number of tetrazole rings is 1. The van der Waals surface area contributed by atoms with Crippen molar-refractivity contribution in [2.45, 2.75) is 89.4 Å². The number of ether oxygens (including phenoxy) is 2. The van der Waals surface area contributed by atoms with Gasteiger partial charge in [-0.05, 0) is 45.5 Å². The minimum absolute atomic E-state index is 0.0975. The first-order valence-corrected chi connectivity index (χ1v) is 14.3. The molecule has 5 heterocycles. The summed E-state index contributed by atoms with van der Waals surface area (Å²) in [5.41, 5.74) is 0.666. The normalized spacial score (nSPS) is 24.5. The largest absolute Gasteiger partial charge is 0.490 e. The van der Waals surface area contributed by atoms with Crippen LogP contribution >= 0.6 is 0 Å². The van der Waals surface area contributed by atoms with Crippen LogP contribution in [0.2, 0.25) is 0 Å². The van der Waals surface area contributed by atoms with Crippen LogP contribution in [-0.2, 0) is 20.8 Å². The van der Waals surface area contributed by atoms with Crippen LogP contribution in [0.4, 0.5) is 24.9 Å². The lowest BCUT2D eigenvalue weighted by Gasteiger charge is -2.23. The van der Waals surface area contributed by atoms with Gasteiger partial charge in [0.05, 0.1) is 12.9 Å². The van der Waals surface area contributed by atoms with Crippen molar-refractivity contribution in [2.75, 3.05) is 37.4 Å². The molecule has 2 fully saturated rings. The third kappa shape index (κ3) is 6.08. The zero-order valence-electron chi connectivity index (χ0n) is 24.6. The maximum Gasteiger partial charge on any atom is 0.490 e. The number of anilines is 2. The van der Waals surface area contributed by atoms with Crippen LogP contribution in [-0.4, -0.2) is 113 Å². The monoisotopic (exact) mass is 611 g/mol. The lowest BCUT2D eigenvalue weighted by molar-refractivity contribution is -0.210. The van der Waals surface area contributed by atoms with Gasteiger partial charge in [-0.3, -0.25) is 4.57 Å². The molecule has 0 bridgehead atoms. The fourth-order valence-electron chi connectivity index (χ4n) is 5.28. The number of alkyl halides is 3. The molecule has 0 saturated carbocycles. The Hall–Kier alpha value is -3.64. The minimum atomic E-state index is -5.30. The molecule has 2 saturated heterocycles. The van der Waals surface area contributed by atoms with Gasteiger partial charge >= 0.3 is 12.1 Å². The van der Waals surface area contributed by atoms with E-state index in [1.165, 1.54) is 15.7 Å². The van der Waals surface area contributed by atoms with Crippen molar-refractivity contribution in [2.24, 2.45) is 0 Å². The number of carbonyl (C=O) groups is 1. The first-order chi connectivity index (χ1) is 20.4. The fraction of sp³-hybridized carbons (Fsp3) is 0.720. The van der Waals surface area contributed by atoms with E-state index in [2.05, 4.69) is 49.4 Å². The number of nitrogens with one attached hydrogen (secondary N) is 1. The summed E-state index contributed by atoms with van der Waals surface area (Å²) in [5, 5.41) is 26.5. The number of esters is 1. The van der Waals surface area contributed by atoms with Crippen molar-refractivity contribution < 1.29 is 32.5 Å². The number of nitrogens with zero attached hydrogens (tertiary/aromatic N) is 10. The number of likely N-dealkylation sites (N-methyl/N-ethyl adjacent to an activating group) is 1. The van der Waals surface area contributed by atoms with Gasteiger partial charge in [-0.15, -0.1) is 10.2 Å². The molecule has 2 aliphatic heterocycles. The number of hydrogen-bond donors (Lipinski definition) is 2. The first-order valence-electron chi connectivity index (χ1n) is 14.3.